The maximum Gasteiger partial charge on any atom is 0.212 e. The van der Waals surface area contributed by atoms with Gasteiger partial charge in [-0.1, -0.05) is 52.0 Å². The van der Waals surface area contributed by atoms with E-state index in [1.54, 1.807) is 0 Å². The summed E-state index contributed by atoms with van der Waals surface area (Å²) in [5.41, 5.74) is 2.55. The minimum Gasteiger partial charge on any atom is -0.194 e. The lowest BCUT2D eigenvalue weighted by Crippen LogP contribution is -2.29. The molecule has 19 heavy (non-hydrogen) atoms. The van der Waals surface area contributed by atoms with Crippen molar-refractivity contribution in [2.45, 2.75) is 27.7 Å². The van der Waals surface area contributed by atoms with Gasteiger partial charge < -0.3 is 0 Å². The third-order valence-corrected chi connectivity index (χ3v) is 2.91. The molecule has 0 spiro atoms. The smallest absolute Gasteiger partial charge is 0.194 e. The first kappa shape index (κ1) is 15.2. The minimum absolute atomic E-state index is 1.27. The van der Waals surface area contributed by atoms with Gasteiger partial charge in [-0.05, 0) is 18.2 Å². The van der Waals surface area contributed by atoms with E-state index in [1.165, 1.54) is 21.8 Å². The lowest BCUT2D eigenvalue weighted by atomic mass is 10.1. The Morgan fingerprint density at radius 2 is 1.00 bits per heavy atom. The second-order valence-corrected chi connectivity index (χ2v) is 3.82. The predicted molar refractivity (Wildman–Crippen MR) is 85.3 cm³/mol. The molecule has 0 atom stereocenters. The molecule has 3 aromatic rings. The Morgan fingerprint density at radius 1 is 0.632 bits per heavy atom. The van der Waals surface area contributed by atoms with Crippen LogP contribution in [0.25, 0.3) is 21.8 Å². The van der Waals surface area contributed by atoms with Gasteiger partial charge in [0.1, 0.15) is 7.05 Å². The summed E-state index contributed by atoms with van der Waals surface area (Å²) < 4.78 is 2.24. The fourth-order valence-corrected chi connectivity index (χ4v) is 2.13. The van der Waals surface area contributed by atoms with Gasteiger partial charge >= 0.3 is 0 Å². The van der Waals surface area contributed by atoms with E-state index < -0.39 is 0 Å². The number of pyridine rings is 1. The van der Waals surface area contributed by atoms with Crippen molar-refractivity contribution in [3.8, 4) is 0 Å². The highest BCUT2D eigenvalue weighted by atomic mass is 14.9. The number of fused-ring (bicyclic) bond motifs is 2. The van der Waals surface area contributed by atoms with Crippen molar-refractivity contribution in [3.63, 3.8) is 0 Å². The molecule has 1 nitrogen and oxygen atoms in total. The van der Waals surface area contributed by atoms with E-state index in [2.05, 4.69) is 66.2 Å². The summed E-state index contributed by atoms with van der Waals surface area (Å²) >= 11 is 0. The van der Waals surface area contributed by atoms with Crippen LogP contribution in [0.1, 0.15) is 27.7 Å². The largest absolute Gasteiger partial charge is 0.212 e. The number of para-hydroxylation sites is 2. The standard InChI is InChI=1S/C14H12N.2C2H6/c1-15-13-8-4-2-6-11(13)10-12-7-3-5-9-14(12)15;2*1-2/h2-10H,1H3;2*1-2H3/q+1;;. The highest BCUT2D eigenvalue weighted by Gasteiger charge is 2.08. The maximum absolute atomic E-state index is 2.24. The zero-order chi connectivity index (χ0) is 14.3. The molecule has 0 radical (unpaired) electrons. The molecule has 0 saturated heterocycles. The van der Waals surface area contributed by atoms with Gasteiger partial charge in [0, 0.05) is 22.9 Å². The van der Waals surface area contributed by atoms with E-state index in [0.717, 1.165) is 0 Å². The number of aryl methyl sites for hydroxylation is 1. The van der Waals surface area contributed by atoms with Crippen LogP contribution in [-0.4, -0.2) is 0 Å². The number of hydrogen-bond donors (Lipinski definition) is 0. The number of aromatic nitrogens is 1. The summed E-state index contributed by atoms with van der Waals surface area (Å²) in [5.74, 6) is 0. The van der Waals surface area contributed by atoms with Crippen LogP contribution < -0.4 is 4.57 Å². The normalized spacial score (nSPS) is 9.32. The molecule has 1 aromatic heterocycles. The van der Waals surface area contributed by atoms with E-state index in [0.29, 0.717) is 0 Å². The van der Waals surface area contributed by atoms with Crippen LogP contribution in [-0.2, 0) is 7.05 Å². The van der Waals surface area contributed by atoms with Gasteiger partial charge in [-0.2, -0.15) is 4.57 Å². The van der Waals surface area contributed by atoms with Crippen molar-refractivity contribution in [1.82, 2.24) is 0 Å². The Bertz CT molecular complexity index is 587. The number of nitrogens with zero attached hydrogens (tertiary/aromatic N) is 1. The summed E-state index contributed by atoms with van der Waals surface area (Å²) in [6, 6.07) is 19.2. The quantitative estimate of drug-likeness (QED) is 0.398. The van der Waals surface area contributed by atoms with E-state index in [1.807, 2.05) is 27.7 Å². The Hall–Kier alpha value is -1.89. The summed E-state index contributed by atoms with van der Waals surface area (Å²) in [5, 5.41) is 2.58. The third kappa shape index (κ3) is 3.11. The maximum atomic E-state index is 2.24. The van der Waals surface area contributed by atoms with E-state index in [4.69, 9.17) is 0 Å². The predicted octanol–water partition coefficient (Wildman–Crippen LogP) is 4.87. The third-order valence-electron chi connectivity index (χ3n) is 2.91. The van der Waals surface area contributed by atoms with Crippen molar-refractivity contribution in [2.24, 2.45) is 7.05 Å². The Labute approximate surface area is 116 Å². The summed E-state index contributed by atoms with van der Waals surface area (Å²) in [4.78, 5) is 0. The van der Waals surface area contributed by atoms with Crippen molar-refractivity contribution < 1.29 is 4.57 Å². The van der Waals surface area contributed by atoms with Gasteiger partial charge in [0.05, 0.1) is 0 Å². The van der Waals surface area contributed by atoms with E-state index in [9.17, 15) is 0 Å². The fourth-order valence-electron chi connectivity index (χ4n) is 2.13. The topological polar surface area (TPSA) is 3.88 Å². The molecule has 0 N–H and O–H groups in total. The first-order valence-corrected chi connectivity index (χ1v) is 7.13. The molecular formula is C18H24N+. The molecular weight excluding hydrogens is 230 g/mol. The summed E-state index contributed by atoms with van der Waals surface area (Å²) in [7, 11) is 2.12. The number of hydrogen-bond acceptors (Lipinski definition) is 0. The van der Waals surface area contributed by atoms with Gasteiger partial charge in [-0.25, -0.2) is 0 Å². The average molecular weight is 254 g/mol. The van der Waals surface area contributed by atoms with Gasteiger partial charge in [-0.3, -0.25) is 0 Å². The van der Waals surface area contributed by atoms with Gasteiger partial charge in [0.2, 0.25) is 11.0 Å². The second-order valence-electron chi connectivity index (χ2n) is 3.82. The Balaban J connectivity index is 0.000000415. The SMILES string of the molecule is CC.CC.C[n+]1c2ccccc2cc2ccccc21. The van der Waals surface area contributed by atoms with Gasteiger partial charge in [0.25, 0.3) is 0 Å². The zero-order valence-corrected chi connectivity index (χ0v) is 12.6. The molecule has 100 valence electrons. The molecule has 0 saturated carbocycles. The highest BCUT2D eigenvalue weighted by Crippen LogP contribution is 2.16. The van der Waals surface area contributed by atoms with E-state index in [-0.39, 0.29) is 0 Å². The fraction of sp³-hybridized carbons (Fsp3) is 0.278. The van der Waals surface area contributed by atoms with Crippen LogP contribution >= 0.6 is 0 Å². The average Bonchev–Trinajstić information content (AvgIpc) is 2.52. The van der Waals surface area contributed by atoms with Crippen molar-refractivity contribution in [1.29, 1.82) is 0 Å². The molecule has 0 unspecified atom stereocenters. The summed E-state index contributed by atoms with van der Waals surface area (Å²) in [6.45, 7) is 8.00. The van der Waals surface area contributed by atoms with Crippen LogP contribution in [0.15, 0.2) is 54.6 Å². The van der Waals surface area contributed by atoms with Crippen LogP contribution in [0.3, 0.4) is 0 Å². The lowest BCUT2D eigenvalue weighted by Gasteiger charge is -2.00. The van der Waals surface area contributed by atoms with Crippen molar-refractivity contribution in [3.05, 3.63) is 54.6 Å². The molecule has 0 aliphatic carbocycles. The first-order chi connectivity index (χ1) is 9.36. The summed E-state index contributed by atoms with van der Waals surface area (Å²) in [6.07, 6.45) is 0. The monoisotopic (exact) mass is 254 g/mol. The minimum atomic E-state index is 1.27. The number of benzene rings is 2. The van der Waals surface area contributed by atoms with Crippen molar-refractivity contribution >= 4 is 21.8 Å². The van der Waals surface area contributed by atoms with Crippen LogP contribution in [0.2, 0.25) is 0 Å². The second kappa shape index (κ2) is 7.52. The van der Waals surface area contributed by atoms with Crippen LogP contribution in [0.4, 0.5) is 0 Å². The first-order valence-electron chi connectivity index (χ1n) is 7.13. The van der Waals surface area contributed by atoms with Crippen LogP contribution in [0.5, 0.6) is 0 Å². The van der Waals surface area contributed by atoms with Crippen LogP contribution in [0, 0.1) is 0 Å². The Kier molecular flexibility index (Phi) is 6.01. The molecule has 1 heteroatoms. The highest BCUT2D eigenvalue weighted by molar-refractivity contribution is 5.88. The molecule has 3 rings (SSSR count). The zero-order valence-electron chi connectivity index (χ0n) is 12.6. The van der Waals surface area contributed by atoms with Gasteiger partial charge in [0.15, 0.2) is 0 Å². The molecule has 0 bridgehead atoms. The molecule has 0 aliphatic heterocycles. The van der Waals surface area contributed by atoms with Crippen molar-refractivity contribution in [2.75, 3.05) is 0 Å². The van der Waals surface area contributed by atoms with E-state index >= 15 is 0 Å². The number of rotatable bonds is 0. The molecule has 1 heterocycles. The van der Waals surface area contributed by atoms with Gasteiger partial charge in [-0.15, -0.1) is 0 Å². The molecule has 0 amide bonds. The Morgan fingerprint density at radius 3 is 1.42 bits per heavy atom. The lowest BCUT2D eigenvalue weighted by molar-refractivity contribution is -0.617. The molecule has 2 aromatic carbocycles. The molecule has 0 aliphatic rings. The molecule has 0 fully saturated rings.